The minimum Gasteiger partial charge on any atom is -0.495 e. The van der Waals surface area contributed by atoms with Crippen LogP contribution in [0.25, 0.3) is 0 Å². The van der Waals surface area contributed by atoms with Gasteiger partial charge in [0.15, 0.2) is 0 Å². The molecular formula is C17H21NO5S. The van der Waals surface area contributed by atoms with Crippen molar-refractivity contribution in [2.45, 2.75) is 18.7 Å². The minimum absolute atomic E-state index is 0.0390. The van der Waals surface area contributed by atoms with Gasteiger partial charge in [0.25, 0.3) is 10.0 Å². The molecule has 0 unspecified atom stereocenters. The topological polar surface area (TPSA) is 73.9 Å². The van der Waals surface area contributed by atoms with Crippen molar-refractivity contribution in [2.24, 2.45) is 0 Å². The van der Waals surface area contributed by atoms with Crippen molar-refractivity contribution in [2.75, 3.05) is 20.3 Å². The maximum atomic E-state index is 12.4. The molecule has 2 aromatic carbocycles. The molecule has 0 amide bonds. The van der Waals surface area contributed by atoms with Gasteiger partial charge in [0.1, 0.15) is 29.6 Å². The number of hydrogen-bond acceptors (Lipinski definition) is 5. The normalized spacial score (nSPS) is 11.3. The Morgan fingerprint density at radius 2 is 1.67 bits per heavy atom. The fraction of sp³-hybridized carbons (Fsp3) is 0.294. The molecular weight excluding hydrogens is 330 g/mol. The number of methoxy groups -OCH3 is 1. The smallest absolute Gasteiger partial charge is 0.266 e. The summed E-state index contributed by atoms with van der Waals surface area (Å²) < 4.78 is 35.3. The standard InChI is InChI=1S/C17H21NO5S/c1-13-11-16(21-3)17(12-14(13)2)24(19,20)18-23-10-9-22-15-7-5-4-6-8-15/h4-8,11-12,18H,9-10H2,1-3H3. The van der Waals surface area contributed by atoms with Crippen LogP contribution < -0.4 is 14.4 Å². The van der Waals surface area contributed by atoms with E-state index in [0.29, 0.717) is 5.75 Å². The number of sulfonamides is 1. The lowest BCUT2D eigenvalue weighted by Crippen LogP contribution is -2.26. The maximum Gasteiger partial charge on any atom is 0.266 e. The molecule has 0 fully saturated rings. The second-order valence-electron chi connectivity index (χ2n) is 5.18. The molecule has 7 heteroatoms. The Morgan fingerprint density at radius 1 is 1.00 bits per heavy atom. The SMILES string of the molecule is COc1cc(C)c(C)cc1S(=O)(=O)NOCCOc1ccccc1. The first-order valence-corrected chi connectivity index (χ1v) is 8.89. The Kier molecular flexibility index (Phi) is 6.19. The summed E-state index contributed by atoms with van der Waals surface area (Å²) in [6.07, 6.45) is 0. The van der Waals surface area contributed by atoms with Crippen molar-refractivity contribution in [1.29, 1.82) is 0 Å². The summed E-state index contributed by atoms with van der Waals surface area (Å²) in [5.41, 5.74) is 1.80. The summed E-state index contributed by atoms with van der Waals surface area (Å²) in [6, 6.07) is 12.4. The number of nitrogens with one attached hydrogen (secondary N) is 1. The average molecular weight is 351 g/mol. The predicted octanol–water partition coefficient (Wildman–Crippen LogP) is 2.60. The molecule has 0 aliphatic carbocycles. The first kappa shape index (κ1) is 18.3. The van der Waals surface area contributed by atoms with E-state index >= 15 is 0 Å². The first-order valence-electron chi connectivity index (χ1n) is 7.40. The van der Waals surface area contributed by atoms with E-state index in [-0.39, 0.29) is 23.9 Å². The molecule has 0 aliphatic heterocycles. The van der Waals surface area contributed by atoms with Crippen LogP contribution in [-0.4, -0.2) is 28.7 Å². The van der Waals surface area contributed by atoms with Crippen LogP contribution in [-0.2, 0) is 14.9 Å². The van der Waals surface area contributed by atoms with Gasteiger partial charge in [-0.15, -0.1) is 0 Å². The van der Waals surface area contributed by atoms with E-state index in [1.54, 1.807) is 12.1 Å². The van der Waals surface area contributed by atoms with Gasteiger partial charge in [-0.25, -0.2) is 8.42 Å². The molecule has 0 bridgehead atoms. The number of para-hydroxylation sites is 1. The van der Waals surface area contributed by atoms with Crippen molar-refractivity contribution >= 4 is 10.0 Å². The molecule has 0 saturated heterocycles. The van der Waals surface area contributed by atoms with Crippen molar-refractivity contribution in [3.63, 3.8) is 0 Å². The molecule has 130 valence electrons. The molecule has 0 saturated carbocycles. The summed E-state index contributed by atoms with van der Waals surface area (Å²) in [6.45, 7) is 4.01. The average Bonchev–Trinajstić information content (AvgIpc) is 2.57. The second kappa shape index (κ2) is 8.14. The number of aryl methyl sites for hydroxylation is 2. The van der Waals surface area contributed by atoms with Crippen LogP contribution in [0.4, 0.5) is 0 Å². The van der Waals surface area contributed by atoms with Crippen LogP contribution in [0.15, 0.2) is 47.4 Å². The number of hydrogen-bond donors (Lipinski definition) is 1. The van der Waals surface area contributed by atoms with E-state index in [1.807, 2.05) is 44.2 Å². The molecule has 24 heavy (non-hydrogen) atoms. The highest BCUT2D eigenvalue weighted by molar-refractivity contribution is 7.89. The zero-order chi connectivity index (χ0) is 17.6. The number of rotatable bonds is 8. The van der Waals surface area contributed by atoms with Crippen LogP contribution in [0.3, 0.4) is 0 Å². The number of benzene rings is 2. The largest absolute Gasteiger partial charge is 0.495 e. The Balaban J connectivity index is 1.93. The van der Waals surface area contributed by atoms with Crippen molar-refractivity contribution in [3.05, 3.63) is 53.6 Å². The molecule has 0 spiro atoms. The molecule has 0 aliphatic rings. The van der Waals surface area contributed by atoms with Crippen molar-refractivity contribution in [1.82, 2.24) is 4.89 Å². The van der Waals surface area contributed by atoms with E-state index in [9.17, 15) is 8.42 Å². The zero-order valence-electron chi connectivity index (χ0n) is 13.9. The Labute approximate surface area is 142 Å². The highest BCUT2D eigenvalue weighted by atomic mass is 32.2. The Hall–Kier alpha value is -2.09. The van der Waals surface area contributed by atoms with E-state index in [4.69, 9.17) is 14.3 Å². The molecule has 6 nitrogen and oxygen atoms in total. The molecule has 1 N–H and O–H groups in total. The lowest BCUT2D eigenvalue weighted by Gasteiger charge is -2.13. The predicted molar refractivity (Wildman–Crippen MR) is 90.7 cm³/mol. The molecule has 0 radical (unpaired) electrons. The van der Waals surface area contributed by atoms with Gasteiger partial charge in [0, 0.05) is 0 Å². The molecule has 0 aromatic heterocycles. The van der Waals surface area contributed by atoms with Gasteiger partial charge in [0.2, 0.25) is 0 Å². The monoisotopic (exact) mass is 351 g/mol. The highest BCUT2D eigenvalue weighted by Crippen LogP contribution is 2.27. The third-order valence-corrected chi connectivity index (χ3v) is 4.67. The summed E-state index contributed by atoms with van der Waals surface area (Å²) in [4.78, 5) is 7.16. The molecule has 0 atom stereocenters. The first-order chi connectivity index (χ1) is 11.4. The molecule has 2 aromatic rings. The summed E-state index contributed by atoms with van der Waals surface area (Å²) in [5.74, 6) is 0.967. The van der Waals surface area contributed by atoms with Gasteiger partial charge >= 0.3 is 0 Å². The summed E-state index contributed by atoms with van der Waals surface area (Å²) in [5, 5.41) is 0. The number of ether oxygens (including phenoxy) is 2. The van der Waals surface area contributed by atoms with Gasteiger partial charge in [-0.1, -0.05) is 23.1 Å². The third-order valence-electron chi connectivity index (χ3n) is 3.44. The van der Waals surface area contributed by atoms with Gasteiger partial charge in [-0.2, -0.15) is 0 Å². The zero-order valence-corrected chi connectivity index (χ0v) is 14.7. The van der Waals surface area contributed by atoms with Crippen LogP contribution in [0, 0.1) is 13.8 Å². The van der Waals surface area contributed by atoms with E-state index in [0.717, 1.165) is 11.1 Å². The lowest BCUT2D eigenvalue weighted by molar-refractivity contribution is 0.0665. The minimum atomic E-state index is -3.84. The van der Waals surface area contributed by atoms with E-state index in [2.05, 4.69) is 4.89 Å². The molecule has 2 rings (SSSR count). The Morgan fingerprint density at radius 3 is 2.33 bits per heavy atom. The Bertz CT molecular complexity index is 775. The van der Waals surface area contributed by atoms with Crippen molar-refractivity contribution in [3.8, 4) is 11.5 Å². The highest BCUT2D eigenvalue weighted by Gasteiger charge is 2.20. The van der Waals surface area contributed by atoms with Gasteiger partial charge in [-0.3, -0.25) is 4.84 Å². The fourth-order valence-corrected chi connectivity index (χ4v) is 3.08. The summed E-state index contributed by atoms with van der Waals surface area (Å²) >= 11 is 0. The van der Waals surface area contributed by atoms with Crippen molar-refractivity contribution < 1.29 is 22.7 Å². The lowest BCUT2D eigenvalue weighted by atomic mass is 10.1. The second-order valence-corrected chi connectivity index (χ2v) is 6.80. The maximum absolute atomic E-state index is 12.4. The molecule has 0 heterocycles. The fourth-order valence-electron chi connectivity index (χ4n) is 2.01. The van der Waals surface area contributed by atoms with Gasteiger partial charge in [-0.05, 0) is 49.2 Å². The van der Waals surface area contributed by atoms with Gasteiger partial charge < -0.3 is 9.47 Å². The van der Waals surface area contributed by atoms with Gasteiger partial charge in [0.05, 0.1) is 7.11 Å². The third kappa shape index (κ3) is 4.70. The quantitative estimate of drug-likeness (QED) is 0.584. The van der Waals surface area contributed by atoms with Crippen LogP contribution in [0.2, 0.25) is 0 Å². The van der Waals surface area contributed by atoms with E-state index < -0.39 is 10.0 Å². The van der Waals surface area contributed by atoms with E-state index in [1.165, 1.54) is 7.11 Å². The van der Waals surface area contributed by atoms with Crippen LogP contribution in [0.1, 0.15) is 11.1 Å². The van der Waals surface area contributed by atoms with Crippen LogP contribution in [0.5, 0.6) is 11.5 Å². The summed E-state index contributed by atoms with van der Waals surface area (Å²) in [7, 11) is -2.41. The van der Waals surface area contributed by atoms with Crippen LogP contribution >= 0.6 is 0 Å².